The van der Waals surface area contributed by atoms with Crippen LogP contribution in [0.3, 0.4) is 0 Å². The lowest BCUT2D eigenvalue weighted by Gasteiger charge is -2.53. The van der Waals surface area contributed by atoms with E-state index in [1.807, 2.05) is 12.1 Å². The van der Waals surface area contributed by atoms with Crippen LogP contribution < -0.4 is 4.74 Å². The predicted octanol–water partition coefficient (Wildman–Crippen LogP) is 5.05. The van der Waals surface area contributed by atoms with Crippen LogP contribution in [-0.4, -0.2) is 118 Å². The normalized spacial score (nSPS) is 18.3. The van der Waals surface area contributed by atoms with Crippen molar-refractivity contribution in [1.82, 2.24) is 39.8 Å². The zero-order valence-electron chi connectivity index (χ0n) is 27.9. The molecule has 0 unspecified atom stereocenters. The molecule has 1 amide bonds. The molecule has 0 saturated carbocycles. The lowest BCUT2D eigenvalue weighted by molar-refractivity contribution is -0.146. The van der Waals surface area contributed by atoms with Gasteiger partial charge in [-0.25, -0.2) is 0 Å². The number of halogens is 6. The first-order valence-electron chi connectivity index (χ1n) is 15.7. The van der Waals surface area contributed by atoms with Gasteiger partial charge in [-0.2, -0.15) is 17.9 Å². The van der Waals surface area contributed by atoms with Gasteiger partial charge in [-0.3, -0.25) is 19.5 Å². The molecule has 10 nitrogen and oxygen atoms in total. The quantitative estimate of drug-likeness (QED) is 0.235. The number of aromatic nitrogens is 4. The molecule has 0 bridgehead atoms. The molecule has 0 aliphatic carbocycles. The highest BCUT2D eigenvalue weighted by molar-refractivity contribution is 5.86. The summed E-state index contributed by atoms with van der Waals surface area (Å²) in [5, 5.41) is 10.1. The van der Waals surface area contributed by atoms with E-state index in [-0.39, 0.29) is 66.8 Å². The number of benzene rings is 3. The van der Waals surface area contributed by atoms with E-state index in [9.17, 15) is 18.0 Å². The molecule has 6 rings (SSSR count). The highest BCUT2D eigenvalue weighted by atomic mass is 35.5. The van der Waals surface area contributed by atoms with Gasteiger partial charge in [-0.1, -0.05) is 60.7 Å². The number of hydrogen-bond acceptors (Lipinski definition) is 8. The summed E-state index contributed by atoms with van der Waals surface area (Å²) in [6.07, 6.45) is -4.71. The third-order valence-corrected chi connectivity index (χ3v) is 9.14. The third-order valence-electron chi connectivity index (χ3n) is 9.14. The minimum atomic E-state index is -4.71. The van der Waals surface area contributed by atoms with E-state index in [0.29, 0.717) is 36.6 Å². The Kier molecular flexibility index (Phi) is 14.5. The van der Waals surface area contributed by atoms with Crippen molar-refractivity contribution in [3.8, 4) is 11.4 Å². The number of fused-ring (bicyclic) bond motifs is 1. The SMILES string of the molecule is COc1ccc(-n2nnnc2C(F)(F)F)cc1CN1C[C@@H]2CN(CC(=O)N(C)C)CCN2[C@H](C(c2ccccc2)c2ccccc2)C1.Cl.Cl.Cl. The number of hydrogen-bond donors (Lipinski definition) is 0. The predicted molar refractivity (Wildman–Crippen MR) is 192 cm³/mol. The Morgan fingerprint density at radius 1 is 0.900 bits per heavy atom. The lowest BCUT2D eigenvalue weighted by atomic mass is 9.81. The Morgan fingerprint density at radius 3 is 2.10 bits per heavy atom. The minimum Gasteiger partial charge on any atom is -0.496 e. The maximum absolute atomic E-state index is 13.7. The largest absolute Gasteiger partial charge is 0.496 e. The van der Waals surface area contributed by atoms with Crippen LogP contribution in [0.2, 0.25) is 0 Å². The number of rotatable bonds is 9. The fourth-order valence-corrected chi connectivity index (χ4v) is 6.93. The first-order valence-corrected chi connectivity index (χ1v) is 15.7. The second-order valence-electron chi connectivity index (χ2n) is 12.4. The molecule has 3 heterocycles. The Morgan fingerprint density at radius 2 is 1.52 bits per heavy atom. The number of carbonyl (C=O) groups is 1. The van der Waals surface area contributed by atoms with Crippen LogP contribution in [0.1, 0.15) is 28.4 Å². The molecular weight excluding hydrogens is 716 g/mol. The molecule has 2 atom stereocenters. The Bertz CT molecular complexity index is 1630. The van der Waals surface area contributed by atoms with Crippen molar-refractivity contribution >= 4 is 43.1 Å². The Hall–Kier alpha value is -3.46. The number of piperazine rings is 2. The summed E-state index contributed by atoms with van der Waals surface area (Å²) in [6, 6.07) is 26.1. The van der Waals surface area contributed by atoms with Crippen molar-refractivity contribution in [3.63, 3.8) is 0 Å². The topological polar surface area (TPSA) is 82.9 Å². The zero-order chi connectivity index (χ0) is 33.1. The van der Waals surface area contributed by atoms with E-state index in [1.54, 1.807) is 38.2 Å². The molecule has 0 N–H and O–H groups in total. The second-order valence-corrected chi connectivity index (χ2v) is 12.4. The summed E-state index contributed by atoms with van der Waals surface area (Å²) in [6.45, 7) is 4.55. The van der Waals surface area contributed by atoms with Gasteiger partial charge in [0, 0.05) is 76.9 Å². The van der Waals surface area contributed by atoms with Crippen LogP contribution in [-0.2, 0) is 17.5 Å². The third kappa shape index (κ3) is 9.06. The van der Waals surface area contributed by atoms with E-state index < -0.39 is 12.0 Å². The van der Waals surface area contributed by atoms with Crippen molar-refractivity contribution in [2.75, 3.05) is 60.5 Å². The highest BCUT2D eigenvalue weighted by Gasteiger charge is 2.43. The molecule has 1 aromatic heterocycles. The molecule has 2 fully saturated rings. The summed E-state index contributed by atoms with van der Waals surface area (Å²) >= 11 is 0. The maximum Gasteiger partial charge on any atom is 0.453 e. The van der Waals surface area contributed by atoms with Gasteiger partial charge in [0.05, 0.1) is 19.3 Å². The van der Waals surface area contributed by atoms with Crippen LogP contribution in [0, 0.1) is 0 Å². The molecule has 3 aromatic carbocycles. The smallest absolute Gasteiger partial charge is 0.453 e. The van der Waals surface area contributed by atoms with E-state index in [1.165, 1.54) is 17.2 Å². The Labute approximate surface area is 308 Å². The van der Waals surface area contributed by atoms with Gasteiger partial charge in [-0.05, 0) is 39.8 Å². The van der Waals surface area contributed by atoms with E-state index in [0.717, 1.165) is 25.2 Å². The van der Waals surface area contributed by atoms with Crippen molar-refractivity contribution in [2.45, 2.75) is 30.7 Å². The zero-order valence-corrected chi connectivity index (χ0v) is 30.4. The monoisotopic (exact) mass is 756 g/mol. The molecule has 16 heteroatoms. The molecule has 0 spiro atoms. The molecule has 0 radical (unpaired) electrons. The molecule has 2 saturated heterocycles. The molecule has 2 aliphatic rings. The second kappa shape index (κ2) is 17.7. The van der Waals surface area contributed by atoms with Crippen LogP contribution in [0.4, 0.5) is 13.2 Å². The minimum absolute atomic E-state index is 0. The number of carbonyl (C=O) groups excluding carboxylic acids is 1. The van der Waals surface area contributed by atoms with E-state index >= 15 is 0 Å². The summed E-state index contributed by atoms with van der Waals surface area (Å²) in [5.74, 6) is -0.484. The average Bonchev–Trinajstić information content (AvgIpc) is 3.57. The average molecular weight is 758 g/mol. The summed E-state index contributed by atoms with van der Waals surface area (Å²) in [4.78, 5) is 21.5. The number of alkyl halides is 3. The van der Waals surface area contributed by atoms with Crippen molar-refractivity contribution in [3.05, 3.63) is 101 Å². The summed E-state index contributed by atoms with van der Waals surface area (Å²) in [7, 11) is 5.10. The van der Waals surface area contributed by atoms with Gasteiger partial charge in [0.2, 0.25) is 5.91 Å². The molecular formula is C34H42Cl3F3N8O2. The van der Waals surface area contributed by atoms with Crippen LogP contribution >= 0.6 is 37.2 Å². The molecule has 272 valence electrons. The van der Waals surface area contributed by atoms with Gasteiger partial charge in [-0.15, -0.1) is 42.3 Å². The van der Waals surface area contributed by atoms with Crippen molar-refractivity contribution in [2.24, 2.45) is 0 Å². The van der Waals surface area contributed by atoms with Gasteiger partial charge < -0.3 is 9.64 Å². The maximum atomic E-state index is 13.7. The van der Waals surface area contributed by atoms with Crippen LogP contribution in [0.5, 0.6) is 5.75 Å². The van der Waals surface area contributed by atoms with Gasteiger partial charge in [0.1, 0.15) is 5.75 Å². The van der Waals surface area contributed by atoms with Crippen molar-refractivity contribution in [1.29, 1.82) is 0 Å². The van der Waals surface area contributed by atoms with Crippen LogP contribution in [0.25, 0.3) is 5.69 Å². The summed E-state index contributed by atoms with van der Waals surface area (Å²) in [5.41, 5.74) is 3.36. The van der Waals surface area contributed by atoms with Gasteiger partial charge in [0.15, 0.2) is 0 Å². The van der Waals surface area contributed by atoms with Gasteiger partial charge >= 0.3 is 6.18 Å². The number of nitrogens with zero attached hydrogens (tertiary/aromatic N) is 8. The van der Waals surface area contributed by atoms with E-state index in [4.69, 9.17) is 4.74 Å². The van der Waals surface area contributed by atoms with Gasteiger partial charge in [0.25, 0.3) is 5.82 Å². The number of ether oxygens (including phenoxy) is 1. The van der Waals surface area contributed by atoms with Crippen molar-refractivity contribution < 1.29 is 22.7 Å². The van der Waals surface area contributed by atoms with E-state index in [2.05, 4.69) is 78.8 Å². The number of methoxy groups -OCH3 is 1. The fraction of sp³-hybridized carbons (Fsp3) is 0.412. The van der Waals surface area contributed by atoms with Crippen LogP contribution in [0.15, 0.2) is 78.9 Å². The molecule has 50 heavy (non-hydrogen) atoms. The number of amides is 1. The standard InChI is InChI=1S/C34H39F3N8O2.3ClH/c1-41(2)31(46)23-42-16-17-44-28(20-42)21-43(22-29(44)32(24-10-6-4-7-11-24)25-12-8-5-9-13-25)19-26-18-27(14-15-30(26)47-3)45-33(34(35,36)37)38-39-40-45;;;/h4-15,18,28-29,32H,16-17,19-23H2,1-3H3;3*1H/t28-,29-;;;/m0.../s1. The summed E-state index contributed by atoms with van der Waals surface area (Å²) < 4.78 is 47.4. The lowest BCUT2D eigenvalue weighted by Crippen LogP contribution is -2.67. The Balaban J connectivity index is 0.00000225. The molecule has 4 aromatic rings. The first-order chi connectivity index (χ1) is 22.6. The number of tetrazole rings is 1. The first kappa shape index (κ1) is 41.0. The fourth-order valence-electron chi connectivity index (χ4n) is 6.93. The molecule has 2 aliphatic heterocycles. The number of likely N-dealkylation sites (N-methyl/N-ethyl adjacent to an activating group) is 1. The highest BCUT2D eigenvalue weighted by Crippen LogP contribution is 2.37.